The molecule has 2 aliphatic heterocycles. The molecule has 1 amide bonds. The Bertz CT molecular complexity index is 513. The first-order valence-corrected chi connectivity index (χ1v) is 10.6. The fourth-order valence-electron chi connectivity index (χ4n) is 3.57. The van der Waals surface area contributed by atoms with Crippen LogP contribution in [-0.2, 0) is 14.8 Å². The van der Waals surface area contributed by atoms with Gasteiger partial charge in [-0.25, -0.2) is 12.7 Å². The zero-order valence-electron chi connectivity index (χ0n) is 13.8. The van der Waals surface area contributed by atoms with Gasteiger partial charge in [0, 0.05) is 19.6 Å². The smallest absolute Gasteiger partial charge is 0.237 e. The number of hydrogen-bond donors (Lipinski definition) is 2. The lowest BCUT2D eigenvalue weighted by molar-refractivity contribution is -0.123. The Kier molecular flexibility index (Phi) is 5.59. The second kappa shape index (κ2) is 7.49. The summed E-state index contributed by atoms with van der Waals surface area (Å²) in [4.78, 5) is 12.0. The summed E-state index contributed by atoms with van der Waals surface area (Å²) in [5, 5.41) is 6.20. The van der Waals surface area contributed by atoms with Gasteiger partial charge in [0.05, 0.1) is 11.8 Å². The molecule has 0 aromatic heterocycles. The molecule has 3 aliphatic rings. The molecule has 6 nitrogen and oxygen atoms in total. The van der Waals surface area contributed by atoms with E-state index in [4.69, 9.17) is 0 Å². The van der Waals surface area contributed by atoms with Crippen LogP contribution in [0.25, 0.3) is 0 Å². The Morgan fingerprint density at radius 3 is 2.65 bits per heavy atom. The average Bonchev–Trinajstić information content (AvgIpc) is 3.22. The molecule has 7 heteroatoms. The highest BCUT2D eigenvalue weighted by Gasteiger charge is 2.31. The minimum Gasteiger partial charge on any atom is -0.354 e. The van der Waals surface area contributed by atoms with E-state index in [1.54, 1.807) is 4.31 Å². The molecule has 3 rings (SSSR count). The number of nitrogens with zero attached hydrogens (tertiary/aromatic N) is 1. The van der Waals surface area contributed by atoms with Gasteiger partial charge in [0.25, 0.3) is 0 Å². The quantitative estimate of drug-likeness (QED) is 0.713. The molecule has 2 unspecified atom stereocenters. The van der Waals surface area contributed by atoms with E-state index in [1.807, 2.05) is 0 Å². The SMILES string of the molecule is O=C(NCC1CCCN(S(=O)(=O)CCC2CC2)C1)C1CCCN1. The van der Waals surface area contributed by atoms with Crippen LogP contribution >= 0.6 is 0 Å². The molecule has 0 aromatic carbocycles. The molecule has 2 N–H and O–H groups in total. The van der Waals surface area contributed by atoms with E-state index in [0.717, 1.165) is 38.6 Å². The van der Waals surface area contributed by atoms with Gasteiger partial charge in [0.15, 0.2) is 0 Å². The van der Waals surface area contributed by atoms with Crippen molar-refractivity contribution in [2.75, 3.05) is 31.9 Å². The van der Waals surface area contributed by atoms with Crippen LogP contribution < -0.4 is 10.6 Å². The number of rotatable bonds is 7. The Morgan fingerprint density at radius 2 is 1.96 bits per heavy atom. The molecule has 0 spiro atoms. The van der Waals surface area contributed by atoms with Crippen molar-refractivity contribution in [3.05, 3.63) is 0 Å². The number of carbonyl (C=O) groups is 1. The molecule has 1 aliphatic carbocycles. The first-order chi connectivity index (χ1) is 11.0. The van der Waals surface area contributed by atoms with Crippen molar-refractivity contribution in [2.24, 2.45) is 11.8 Å². The summed E-state index contributed by atoms with van der Waals surface area (Å²) < 4.78 is 26.5. The van der Waals surface area contributed by atoms with E-state index >= 15 is 0 Å². The van der Waals surface area contributed by atoms with Crippen LogP contribution in [0.2, 0.25) is 0 Å². The van der Waals surface area contributed by atoms with Gasteiger partial charge in [-0.15, -0.1) is 0 Å². The summed E-state index contributed by atoms with van der Waals surface area (Å²) in [6.07, 6.45) is 7.04. The lowest BCUT2D eigenvalue weighted by Gasteiger charge is -2.32. The molecule has 132 valence electrons. The number of sulfonamides is 1. The minimum atomic E-state index is -3.12. The largest absolute Gasteiger partial charge is 0.354 e. The van der Waals surface area contributed by atoms with Crippen LogP contribution in [0, 0.1) is 11.8 Å². The molecule has 0 radical (unpaired) electrons. The van der Waals surface area contributed by atoms with Crippen LogP contribution in [0.5, 0.6) is 0 Å². The highest BCUT2D eigenvalue weighted by atomic mass is 32.2. The van der Waals surface area contributed by atoms with Gasteiger partial charge >= 0.3 is 0 Å². The van der Waals surface area contributed by atoms with Gasteiger partial charge < -0.3 is 10.6 Å². The van der Waals surface area contributed by atoms with E-state index in [9.17, 15) is 13.2 Å². The standard InChI is InChI=1S/C16H29N3O3S/c20-16(15-4-1-8-17-15)18-11-14-3-2-9-19(12-14)23(21,22)10-7-13-5-6-13/h13-15,17H,1-12H2,(H,18,20). The number of piperidine rings is 1. The number of nitrogens with one attached hydrogen (secondary N) is 2. The monoisotopic (exact) mass is 343 g/mol. The number of amides is 1. The summed E-state index contributed by atoms with van der Waals surface area (Å²) in [7, 11) is -3.12. The predicted octanol–water partition coefficient (Wildman–Crippen LogP) is 0.697. The molecular formula is C16H29N3O3S. The number of hydrogen-bond acceptors (Lipinski definition) is 4. The van der Waals surface area contributed by atoms with E-state index in [-0.39, 0.29) is 17.9 Å². The van der Waals surface area contributed by atoms with Crippen LogP contribution in [-0.4, -0.2) is 56.6 Å². The first-order valence-electron chi connectivity index (χ1n) is 9.03. The molecule has 3 fully saturated rings. The van der Waals surface area contributed by atoms with E-state index in [1.165, 1.54) is 12.8 Å². The Balaban J connectivity index is 1.44. The second-order valence-electron chi connectivity index (χ2n) is 7.31. The Morgan fingerprint density at radius 1 is 1.13 bits per heavy atom. The maximum Gasteiger partial charge on any atom is 0.237 e. The van der Waals surface area contributed by atoms with Gasteiger partial charge in [0.2, 0.25) is 15.9 Å². The lowest BCUT2D eigenvalue weighted by Crippen LogP contribution is -2.47. The molecule has 23 heavy (non-hydrogen) atoms. The topological polar surface area (TPSA) is 78.5 Å². The molecule has 1 saturated carbocycles. The van der Waals surface area contributed by atoms with Crippen LogP contribution in [0.15, 0.2) is 0 Å². The maximum atomic E-state index is 12.4. The summed E-state index contributed by atoms with van der Waals surface area (Å²) in [6.45, 7) is 2.70. The Hall–Kier alpha value is -0.660. The highest BCUT2D eigenvalue weighted by Crippen LogP contribution is 2.33. The minimum absolute atomic E-state index is 0.0584. The van der Waals surface area contributed by atoms with Crippen LogP contribution in [0.4, 0.5) is 0 Å². The van der Waals surface area contributed by atoms with Crippen molar-refractivity contribution >= 4 is 15.9 Å². The van der Waals surface area contributed by atoms with E-state index in [2.05, 4.69) is 10.6 Å². The molecule has 2 heterocycles. The van der Waals surface area contributed by atoms with Crippen LogP contribution in [0.3, 0.4) is 0 Å². The van der Waals surface area contributed by atoms with Crippen molar-refractivity contribution < 1.29 is 13.2 Å². The third-order valence-electron chi connectivity index (χ3n) is 5.30. The third-order valence-corrected chi connectivity index (χ3v) is 7.17. The fourth-order valence-corrected chi connectivity index (χ4v) is 5.31. The van der Waals surface area contributed by atoms with Crippen molar-refractivity contribution in [3.63, 3.8) is 0 Å². The molecule has 0 aromatic rings. The maximum absolute atomic E-state index is 12.4. The molecule has 0 bridgehead atoms. The highest BCUT2D eigenvalue weighted by molar-refractivity contribution is 7.89. The van der Waals surface area contributed by atoms with Gasteiger partial charge in [-0.2, -0.15) is 0 Å². The normalized spacial score (nSPS) is 29.6. The summed E-state index contributed by atoms with van der Waals surface area (Å²) in [5.74, 6) is 1.24. The molecule has 2 atom stereocenters. The van der Waals surface area contributed by atoms with Gasteiger partial charge in [-0.3, -0.25) is 4.79 Å². The van der Waals surface area contributed by atoms with Gasteiger partial charge in [-0.05, 0) is 50.5 Å². The molecular weight excluding hydrogens is 314 g/mol. The van der Waals surface area contributed by atoms with Crippen LogP contribution in [0.1, 0.15) is 44.9 Å². The number of carbonyl (C=O) groups excluding carboxylic acids is 1. The van der Waals surface area contributed by atoms with Crippen molar-refractivity contribution in [2.45, 2.75) is 51.0 Å². The van der Waals surface area contributed by atoms with Gasteiger partial charge in [0.1, 0.15) is 0 Å². The summed E-state index contributed by atoms with van der Waals surface area (Å²) >= 11 is 0. The second-order valence-corrected chi connectivity index (χ2v) is 9.40. The summed E-state index contributed by atoms with van der Waals surface area (Å²) in [5.41, 5.74) is 0. The van der Waals surface area contributed by atoms with Gasteiger partial charge in [-0.1, -0.05) is 12.8 Å². The summed E-state index contributed by atoms with van der Waals surface area (Å²) in [6, 6.07) is -0.0584. The lowest BCUT2D eigenvalue weighted by atomic mass is 9.99. The predicted molar refractivity (Wildman–Crippen MR) is 89.5 cm³/mol. The van der Waals surface area contributed by atoms with E-state index < -0.39 is 10.0 Å². The first kappa shape index (κ1) is 17.2. The van der Waals surface area contributed by atoms with E-state index in [0.29, 0.717) is 31.3 Å². The van der Waals surface area contributed by atoms with Crippen molar-refractivity contribution in [1.29, 1.82) is 0 Å². The Labute approximate surface area is 139 Å². The fraction of sp³-hybridized carbons (Fsp3) is 0.938. The molecule has 2 saturated heterocycles. The zero-order valence-corrected chi connectivity index (χ0v) is 14.6. The third kappa shape index (κ3) is 4.90. The zero-order chi connectivity index (χ0) is 16.3. The van der Waals surface area contributed by atoms with Crippen molar-refractivity contribution in [1.82, 2.24) is 14.9 Å². The average molecular weight is 343 g/mol. The van der Waals surface area contributed by atoms with Crippen molar-refractivity contribution in [3.8, 4) is 0 Å².